The minimum Gasteiger partial charge on any atom is -0.294 e. The minimum absolute atomic E-state index is 0.585. The van der Waals surface area contributed by atoms with Crippen LogP contribution in [0, 0.1) is 25.5 Å². The van der Waals surface area contributed by atoms with Gasteiger partial charge < -0.3 is 0 Å². The molecule has 2 heterocycles. The molecule has 2 nitrogen and oxygen atoms in total. The van der Waals surface area contributed by atoms with Gasteiger partial charge in [-0.3, -0.25) is 4.40 Å². The molecule has 0 saturated carbocycles. The lowest BCUT2D eigenvalue weighted by Crippen LogP contribution is -1.85. The summed E-state index contributed by atoms with van der Waals surface area (Å²) in [7, 11) is 0. The van der Waals surface area contributed by atoms with E-state index in [0.29, 0.717) is 11.3 Å². The fourth-order valence-electron chi connectivity index (χ4n) is 1.85. The molecule has 0 bridgehead atoms. The van der Waals surface area contributed by atoms with Crippen LogP contribution in [0.3, 0.4) is 0 Å². The monoisotopic (exact) mass is 264 g/mol. The zero-order chi connectivity index (χ0) is 12.9. The second-order valence-corrected chi connectivity index (χ2v) is 5.33. The fraction of sp³-hybridized carbons (Fsp3) is 0.154. The van der Waals surface area contributed by atoms with Crippen molar-refractivity contribution in [3.8, 4) is 11.3 Å². The summed E-state index contributed by atoms with van der Waals surface area (Å²) in [5.41, 5.74) is 2.36. The Balaban J connectivity index is 2.16. The number of hydrogen-bond acceptors (Lipinski definition) is 2. The number of thiazole rings is 1. The number of halogens is 2. The Kier molecular flexibility index (Phi) is 2.45. The van der Waals surface area contributed by atoms with Crippen molar-refractivity contribution in [2.75, 3.05) is 0 Å². The van der Waals surface area contributed by atoms with E-state index in [1.807, 2.05) is 24.4 Å². The smallest absolute Gasteiger partial charge is 0.194 e. The van der Waals surface area contributed by atoms with E-state index in [1.54, 1.807) is 11.3 Å². The van der Waals surface area contributed by atoms with Crippen LogP contribution in [0.4, 0.5) is 8.78 Å². The van der Waals surface area contributed by atoms with Gasteiger partial charge in [-0.15, -0.1) is 11.3 Å². The second kappa shape index (κ2) is 3.88. The SMILES string of the molecule is Cc1sc2nc(-c3ccc(F)c(F)c3)cn2c1C. The largest absolute Gasteiger partial charge is 0.294 e. The third kappa shape index (κ3) is 1.62. The lowest BCUT2D eigenvalue weighted by molar-refractivity contribution is 0.509. The Morgan fingerprint density at radius 1 is 1.17 bits per heavy atom. The molecule has 0 unspecified atom stereocenters. The summed E-state index contributed by atoms with van der Waals surface area (Å²) in [5, 5.41) is 0. The van der Waals surface area contributed by atoms with Crippen molar-refractivity contribution in [1.82, 2.24) is 9.38 Å². The van der Waals surface area contributed by atoms with E-state index >= 15 is 0 Å². The molecule has 3 rings (SSSR count). The Labute approximate surface area is 107 Å². The quantitative estimate of drug-likeness (QED) is 0.650. The molecule has 0 aliphatic carbocycles. The third-order valence-electron chi connectivity index (χ3n) is 3.00. The Hall–Kier alpha value is -1.75. The molecule has 2 aromatic heterocycles. The lowest BCUT2D eigenvalue weighted by Gasteiger charge is -1.97. The van der Waals surface area contributed by atoms with Crippen LogP contribution in [0.5, 0.6) is 0 Å². The summed E-state index contributed by atoms with van der Waals surface area (Å²) in [6.45, 7) is 4.04. The summed E-state index contributed by atoms with van der Waals surface area (Å²) in [5.74, 6) is -1.69. The number of rotatable bonds is 1. The van der Waals surface area contributed by atoms with E-state index in [0.717, 1.165) is 16.7 Å². The Morgan fingerprint density at radius 3 is 2.61 bits per heavy atom. The van der Waals surface area contributed by atoms with Crippen LogP contribution in [0.1, 0.15) is 10.6 Å². The molecule has 0 fully saturated rings. The van der Waals surface area contributed by atoms with Crippen molar-refractivity contribution in [2.24, 2.45) is 0 Å². The number of nitrogens with zero attached hydrogens (tertiary/aromatic N) is 2. The molecule has 0 radical (unpaired) electrons. The first kappa shape index (κ1) is 11.3. The summed E-state index contributed by atoms with van der Waals surface area (Å²) in [6, 6.07) is 3.83. The number of aromatic nitrogens is 2. The average molecular weight is 264 g/mol. The highest BCUT2D eigenvalue weighted by molar-refractivity contribution is 7.17. The molecule has 0 N–H and O–H groups in total. The van der Waals surface area contributed by atoms with Gasteiger partial charge in [-0.1, -0.05) is 0 Å². The fourth-order valence-corrected chi connectivity index (χ4v) is 2.80. The van der Waals surface area contributed by atoms with Crippen LogP contribution in [0.2, 0.25) is 0 Å². The van der Waals surface area contributed by atoms with Crippen LogP contribution in [0.25, 0.3) is 16.2 Å². The average Bonchev–Trinajstić information content (AvgIpc) is 2.85. The molecule has 0 amide bonds. The van der Waals surface area contributed by atoms with Crippen molar-refractivity contribution in [3.63, 3.8) is 0 Å². The van der Waals surface area contributed by atoms with Gasteiger partial charge in [0, 0.05) is 22.3 Å². The van der Waals surface area contributed by atoms with Gasteiger partial charge in [0.05, 0.1) is 5.69 Å². The van der Waals surface area contributed by atoms with E-state index in [2.05, 4.69) is 4.98 Å². The summed E-state index contributed by atoms with van der Waals surface area (Å²) >= 11 is 1.59. The van der Waals surface area contributed by atoms with Crippen LogP contribution in [0.15, 0.2) is 24.4 Å². The van der Waals surface area contributed by atoms with Crippen molar-refractivity contribution in [1.29, 1.82) is 0 Å². The summed E-state index contributed by atoms with van der Waals surface area (Å²) < 4.78 is 28.0. The van der Waals surface area contributed by atoms with Gasteiger partial charge in [0.15, 0.2) is 16.6 Å². The van der Waals surface area contributed by atoms with Crippen molar-refractivity contribution in [3.05, 3.63) is 46.6 Å². The Morgan fingerprint density at radius 2 is 1.94 bits per heavy atom. The number of aryl methyl sites for hydroxylation is 2. The number of benzene rings is 1. The van der Waals surface area contributed by atoms with E-state index < -0.39 is 11.6 Å². The van der Waals surface area contributed by atoms with Crippen molar-refractivity contribution in [2.45, 2.75) is 13.8 Å². The highest BCUT2D eigenvalue weighted by Crippen LogP contribution is 2.27. The maximum absolute atomic E-state index is 13.2. The predicted octanol–water partition coefficient (Wildman–Crippen LogP) is 3.96. The van der Waals surface area contributed by atoms with Crippen LogP contribution < -0.4 is 0 Å². The first-order valence-electron chi connectivity index (χ1n) is 5.47. The van der Waals surface area contributed by atoms with Gasteiger partial charge in [-0.05, 0) is 32.0 Å². The molecule has 3 aromatic rings. The lowest BCUT2D eigenvalue weighted by atomic mass is 10.1. The molecule has 0 saturated heterocycles. The van der Waals surface area contributed by atoms with Gasteiger partial charge >= 0.3 is 0 Å². The molecule has 92 valence electrons. The topological polar surface area (TPSA) is 17.3 Å². The minimum atomic E-state index is -0.850. The molecule has 0 aliphatic heterocycles. The number of imidazole rings is 1. The first-order chi connectivity index (χ1) is 8.56. The molecule has 18 heavy (non-hydrogen) atoms. The number of hydrogen-bond donors (Lipinski definition) is 0. The van der Waals surface area contributed by atoms with Gasteiger partial charge in [-0.25, -0.2) is 13.8 Å². The molecule has 0 atom stereocenters. The maximum atomic E-state index is 13.2. The van der Waals surface area contributed by atoms with E-state index in [4.69, 9.17) is 0 Å². The van der Waals surface area contributed by atoms with E-state index in [-0.39, 0.29) is 0 Å². The van der Waals surface area contributed by atoms with Crippen molar-refractivity contribution < 1.29 is 8.78 Å². The molecule has 1 aromatic carbocycles. The summed E-state index contributed by atoms with van der Waals surface area (Å²) in [4.78, 5) is 6.50. The van der Waals surface area contributed by atoms with Gasteiger partial charge in [0.25, 0.3) is 0 Å². The molecule has 0 spiro atoms. The number of fused-ring (bicyclic) bond motifs is 1. The Bertz CT molecular complexity index is 743. The van der Waals surface area contributed by atoms with Gasteiger partial charge in [0.1, 0.15) is 0 Å². The maximum Gasteiger partial charge on any atom is 0.194 e. The van der Waals surface area contributed by atoms with Gasteiger partial charge in [-0.2, -0.15) is 0 Å². The highest BCUT2D eigenvalue weighted by Gasteiger charge is 2.11. The predicted molar refractivity (Wildman–Crippen MR) is 67.9 cm³/mol. The van der Waals surface area contributed by atoms with E-state index in [1.165, 1.54) is 17.0 Å². The zero-order valence-corrected chi connectivity index (χ0v) is 10.7. The zero-order valence-electron chi connectivity index (χ0n) is 9.87. The molecule has 5 heteroatoms. The molecule has 0 aliphatic rings. The molecular formula is C13H10F2N2S. The normalized spacial score (nSPS) is 11.3. The van der Waals surface area contributed by atoms with Crippen LogP contribution in [-0.4, -0.2) is 9.38 Å². The second-order valence-electron chi connectivity index (χ2n) is 4.15. The van der Waals surface area contributed by atoms with E-state index in [9.17, 15) is 8.78 Å². The van der Waals surface area contributed by atoms with Crippen LogP contribution in [-0.2, 0) is 0 Å². The van der Waals surface area contributed by atoms with Crippen LogP contribution >= 0.6 is 11.3 Å². The molecular weight excluding hydrogens is 254 g/mol. The highest BCUT2D eigenvalue weighted by atomic mass is 32.1. The summed E-state index contributed by atoms with van der Waals surface area (Å²) in [6.07, 6.45) is 1.85. The standard InChI is InChI=1S/C13H10F2N2S/c1-7-8(2)18-13-16-12(6-17(7)13)9-3-4-10(14)11(15)5-9/h3-6H,1-2H3. The van der Waals surface area contributed by atoms with Gasteiger partial charge in [0.2, 0.25) is 0 Å². The van der Waals surface area contributed by atoms with Crippen molar-refractivity contribution >= 4 is 16.3 Å². The first-order valence-corrected chi connectivity index (χ1v) is 6.28. The third-order valence-corrected chi connectivity index (χ3v) is 4.08.